The van der Waals surface area contributed by atoms with Gasteiger partial charge in [0.15, 0.2) is 0 Å². The molecule has 30 heavy (non-hydrogen) atoms. The number of furan rings is 1. The first-order valence-corrected chi connectivity index (χ1v) is 9.25. The van der Waals surface area contributed by atoms with Crippen LogP contribution in [0, 0.1) is 0 Å². The molecule has 9 heteroatoms. The van der Waals surface area contributed by atoms with Gasteiger partial charge in [0.05, 0.1) is 22.4 Å². The quantitative estimate of drug-likeness (QED) is 0.477. The Bertz CT molecular complexity index is 1140. The molecular weight excluding hydrogens is 431 g/mol. The van der Waals surface area contributed by atoms with E-state index in [2.05, 4.69) is 10.6 Å². The van der Waals surface area contributed by atoms with Gasteiger partial charge in [-0.1, -0.05) is 29.3 Å². The van der Waals surface area contributed by atoms with E-state index in [1.165, 1.54) is 54.8 Å². The Morgan fingerprint density at radius 3 is 2.47 bits per heavy atom. The van der Waals surface area contributed by atoms with E-state index in [0.717, 1.165) is 0 Å². The van der Waals surface area contributed by atoms with Gasteiger partial charge < -0.3 is 20.2 Å². The summed E-state index contributed by atoms with van der Waals surface area (Å²) < 4.78 is 5.21. The zero-order chi connectivity index (χ0) is 21.7. The number of nitrogens with one attached hydrogen (secondary N) is 2. The first-order chi connectivity index (χ1) is 14.3. The number of carboxylic acid groups (broad SMARTS) is 1. The third-order valence-corrected chi connectivity index (χ3v) is 4.41. The number of carbonyl (C=O) groups is 3. The lowest BCUT2D eigenvalue weighted by Gasteiger charge is -2.12. The van der Waals surface area contributed by atoms with Crippen LogP contribution in [0.3, 0.4) is 0 Å². The zero-order valence-corrected chi connectivity index (χ0v) is 16.7. The highest BCUT2D eigenvalue weighted by atomic mass is 35.5. The summed E-state index contributed by atoms with van der Waals surface area (Å²) in [5, 5.41) is 14.6. The van der Waals surface area contributed by atoms with E-state index in [0.29, 0.717) is 10.8 Å². The molecule has 0 atom stereocenters. The van der Waals surface area contributed by atoms with Crippen LogP contribution in [0.5, 0.6) is 0 Å². The van der Waals surface area contributed by atoms with E-state index in [1.807, 2.05) is 0 Å². The molecular formula is C21H14Cl2N2O5. The maximum atomic E-state index is 12.8. The third-order valence-electron chi connectivity index (χ3n) is 3.87. The maximum Gasteiger partial charge on any atom is 0.335 e. The fourth-order valence-corrected chi connectivity index (χ4v) is 2.96. The Balaban J connectivity index is 1.87. The summed E-state index contributed by atoms with van der Waals surface area (Å²) >= 11 is 11.9. The molecule has 0 radical (unpaired) electrons. The van der Waals surface area contributed by atoms with Crippen molar-refractivity contribution in [1.82, 2.24) is 5.32 Å². The van der Waals surface area contributed by atoms with E-state index in [9.17, 15) is 14.4 Å². The second-order valence-electron chi connectivity index (χ2n) is 5.99. The molecule has 2 amide bonds. The maximum absolute atomic E-state index is 12.8. The predicted octanol–water partition coefficient (Wildman–Crippen LogP) is 4.69. The van der Waals surface area contributed by atoms with E-state index in [1.54, 1.807) is 12.1 Å². The van der Waals surface area contributed by atoms with Crippen LogP contribution in [0.1, 0.15) is 26.5 Å². The van der Waals surface area contributed by atoms with Gasteiger partial charge in [-0.05, 0) is 48.5 Å². The number of anilines is 1. The number of carboxylic acids is 1. The van der Waals surface area contributed by atoms with Gasteiger partial charge >= 0.3 is 5.97 Å². The summed E-state index contributed by atoms with van der Waals surface area (Å²) in [5.41, 5.74) is 0.221. The number of rotatable bonds is 6. The van der Waals surface area contributed by atoms with Gasteiger partial charge in [0, 0.05) is 16.8 Å². The average molecular weight is 445 g/mol. The molecule has 0 unspecified atom stereocenters. The monoisotopic (exact) mass is 444 g/mol. The predicted molar refractivity (Wildman–Crippen MR) is 113 cm³/mol. The van der Waals surface area contributed by atoms with Crippen molar-refractivity contribution in [2.75, 3.05) is 5.32 Å². The van der Waals surface area contributed by atoms with Crippen molar-refractivity contribution in [3.63, 3.8) is 0 Å². The van der Waals surface area contributed by atoms with Crippen molar-refractivity contribution in [3.05, 3.63) is 93.5 Å². The molecule has 0 aliphatic heterocycles. The molecule has 1 heterocycles. The molecule has 2 aromatic carbocycles. The summed E-state index contributed by atoms with van der Waals surface area (Å²) in [5.74, 6) is -2.14. The van der Waals surface area contributed by atoms with Crippen molar-refractivity contribution in [3.8, 4) is 0 Å². The number of carbonyl (C=O) groups excluding carboxylic acids is 2. The van der Waals surface area contributed by atoms with Gasteiger partial charge in [0.25, 0.3) is 11.8 Å². The lowest BCUT2D eigenvalue weighted by molar-refractivity contribution is -0.113. The van der Waals surface area contributed by atoms with Crippen LogP contribution in [0.15, 0.2) is 71.0 Å². The van der Waals surface area contributed by atoms with E-state index in [-0.39, 0.29) is 27.5 Å². The number of hydrogen-bond acceptors (Lipinski definition) is 4. The van der Waals surface area contributed by atoms with Gasteiger partial charge in [0.2, 0.25) is 0 Å². The summed E-state index contributed by atoms with van der Waals surface area (Å²) in [6.07, 6.45) is 2.74. The second-order valence-corrected chi connectivity index (χ2v) is 6.84. The van der Waals surface area contributed by atoms with Gasteiger partial charge in [-0.25, -0.2) is 4.79 Å². The minimum Gasteiger partial charge on any atom is -0.478 e. The molecule has 0 spiro atoms. The number of halogens is 2. The molecule has 0 bridgehead atoms. The van der Waals surface area contributed by atoms with Crippen LogP contribution in [0.25, 0.3) is 6.08 Å². The van der Waals surface area contributed by atoms with Gasteiger partial charge in [-0.2, -0.15) is 0 Å². The largest absolute Gasteiger partial charge is 0.478 e. The lowest BCUT2D eigenvalue weighted by atomic mass is 10.2. The number of amides is 2. The molecule has 3 rings (SSSR count). The molecule has 0 saturated heterocycles. The van der Waals surface area contributed by atoms with Crippen LogP contribution in [-0.4, -0.2) is 22.9 Å². The molecule has 3 aromatic rings. The number of aromatic carboxylic acids is 1. The standard InChI is InChI=1S/C21H14Cl2N2O5/c22-13-6-7-16(17(23)10-13)19(26)25-18(11-15-5-2-8-30-15)20(27)24-14-4-1-3-12(9-14)21(28)29/h1-11H,(H,24,27)(H,25,26)(H,28,29)/b18-11-. The number of hydrogen-bond donors (Lipinski definition) is 3. The van der Waals surface area contributed by atoms with Gasteiger partial charge in [-0.15, -0.1) is 0 Å². The Labute approximate surface area is 180 Å². The molecule has 152 valence electrons. The smallest absolute Gasteiger partial charge is 0.335 e. The SMILES string of the molecule is O=C(Nc1cccc(C(=O)O)c1)/C(=C/c1ccco1)NC(=O)c1ccc(Cl)cc1Cl. The summed E-state index contributed by atoms with van der Waals surface area (Å²) in [6.45, 7) is 0. The molecule has 7 nitrogen and oxygen atoms in total. The Hall–Kier alpha value is -3.55. The highest BCUT2D eigenvalue weighted by molar-refractivity contribution is 6.36. The molecule has 1 aromatic heterocycles. The summed E-state index contributed by atoms with van der Waals surface area (Å²) in [7, 11) is 0. The average Bonchev–Trinajstić information content (AvgIpc) is 3.20. The Morgan fingerprint density at radius 2 is 1.80 bits per heavy atom. The second kappa shape index (κ2) is 9.30. The highest BCUT2D eigenvalue weighted by Gasteiger charge is 2.18. The molecule has 0 saturated carbocycles. The minimum absolute atomic E-state index is 0.00125. The number of benzene rings is 2. The van der Waals surface area contributed by atoms with E-state index < -0.39 is 17.8 Å². The molecule has 0 aliphatic carbocycles. The highest BCUT2D eigenvalue weighted by Crippen LogP contribution is 2.21. The first kappa shape index (κ1) is 21.2. The Morgan fingerprint density at radius 1 is 1.00 bits per heavy atom. The van der Waals surface area contributed by atoms with Gasteiger partial charge in [-0.3, -0.25) is 9.59 Å². The van der Waals surface area contributed by atoms with Gasteiger partial charge in [0.1, 0.15) is 11.5 Å². The van der Waals surface area contributed by atoms with Crippen molar-refractivity contribution in [2.45, 2.75) is 0 Å². The van der Waals surface area contributed by atoms with E-state index >= 15 is 0 Å². The van der Waals surface area contributed by atoms with Crippen LogP contribution in [0.4, 0.5) is 5.69 Å². The fourth-order valence-electron chi connectivity index (χ4n) is 2.47. The van der Waals surface area contributed by atoms with Crippen molar-refractivity contribution in [2.24, 2.45) is 0 Å². The molecule has 0 aliphatic rings. The minimum atomic E-state index is -1.14. The Kier molecular flexibility index (Phi) is 6.56. The van der Waals surface area contributed by atoms with Crippen molar-refractivity contribution in [1.29, 1.82) is 0 Å². The topological polar surface area (TPSA) is 109 Å². The molecule has 3 N–H and O–H groups in total. The third kappa shape index (κ3) is 5.28. The summed E-state index contributed by atoms with van der Waals surface area (Å²) in [4.78, 5) is 36.6. The fraction of sp³-hybridized carbons (Fsp3) is 0. The van der Waals surface area contributed by atoms with Crippen LogP contribution in [-0.2, 0) is 4.79 Å². The van der Waals surface area contributed by atoms with E-state index in [4.69, 9.17) is 32.7 Å². The normalized spacial score (nSPS) is 11.1. The van der Waals surface area contributed by atoms with Crippen LogP contribution in [0.2, 0.25) is 10.0 Å². The van der Waals surface area contributed by atoms with Crippen LogP contribution >= 0.6 is 23.2 Å². The van der Waals surface area contributed by atoms with Crippen molar-refractivity contribution < 1.29 is 23.9 Å². The van der Waals surface area contributed by atoms with Crippen molar-refractivity contribution >= 4 is 52.7 Å². The summed E-state index contributed by atoms with van der Waals surface area (Å²) in [6, 6.07) is 13.2. The van der Waals surface area contributed by atoms with Crippen LogP contribution < -0.4 is 10.6 Å². The molecule has 0 fully saturated rings. The lowest BCUT2D eigenvalue weighted by Crippen LogP contribution is -2.31. The zero-order valence-electron chi connectivity index (χ0n) is 15.2. The first-order valence-electron chi connectivity index (χ1n) is 8.50.